The molecule has 1 heterocycles. The summed E-state index contributed by atoms with van der Waals surface area (Å²) in [5.74, 6) is 0.153. The standard InChI is InChI=1S/C19H24N4O/c1-14-6-7-19(18(20)12-14)21-16-4-3-5-17(13-16)23-10-8-22(9-11-23)15(2)24/h3-7,12-13,21H,8-11,20H2,1-2H3. The zero-order chi connectivity index (χ0) is 17.1. The molecule has 2 aromatic carbocycles. The monoisotopic (exact) mass is 324 g/mol. The zero-order valence-corrected chi connectivity index (χ0v) is 14.2. The largest absolute Gasteiger partial charge is 0.397 e. The highest BCUT2D eigenvalue weighted by Crippen LogP contribution is 2.27. The third-order valence-corrected chi connectivity index (χ3v) is 4.42. The molecule has 1 amide bonds. The number of amides is 1. The van der Waals surface area contributed by atoms with Gasteiger partial charge in [-0.1, -0.05) is 12.1 Å². The van der Waals surface area contributed by atoms with Crippen LogP contribution in [-0.2, 0) is 4.79 Å². The van der Waals surface area contributed by atoms with Crippen LogP contribution < -0.4 is 16.0 Å². The lowest BCUT2D eigenvalue weighted by Gasteiger charge is -2.35. The van der Waals surface area contributed by atoms with Gasteiger partial charge in [-0.05, 0) is 42.8 Å². The Morgan fingerprint density at radius 3 is 2.50 bits per heavy atom. The second-order valence-corrected chi connectivity index (χ2v) is 6.26. The zero-order valence-electron chi connectivity index (χ0n) is 14.2. The summed E-state index contributed by atoms with van der Waals surface area (Å²) in [4.78, 5) is 15.6. The predicted molar refractivity (Wildman–Crippen MR) is 99.8 cm³/mol. The van der Waals surface area contributed by atoms with Crippen molar-refractivity contribution in [2.75, 3.05) is 42.1 Å². The minimum atomic E-state index is 0.153. The number of nitrogens with zero attached hydrogens (tertiary/aromatic N) is 2. The quantitative estimate of drug-likeness (QED) is 0.852. The van der Waals surface area contributed by atoms with Crippen LogP contribution in [0.1, 0.15) is 12.5 Å². The summed E-state index contributed by atoms with van der Waals surface area (Å²) in [6, 6.07) is 14.3. The van der Waals surface area contributed by atoms with E-state index in [1.807, 2.05) is 42.2 Å². The van der Waals surface area contributed by atoms with E-state index in [-0.39, 0.29) is 5.91 Å². The van der Waals surface area contributed by atoms with Crippen LogP contribution in [0, 0.1) is 6.92 Å². The van der Waals surface area contributed by atoms with E-state index < -0.39 is 0 Å². The van der Waals surface area contributed by atoms with Crippen LogP contribution in [0.15, 0.2) is 42.5 Å². The van der Waals surface area contributed by atoms with Crippen molar-refractivity contribution < 1.29 is 4.79 Å². The molecule has 0 spiro atoms. The number of hydrogen-bond acceptors (Lipinski definition) is 4. The van der Waals surface area contributed by atoms with Gasteiger partial charge in [-0.15, -0.1) is 0 Å². The van der Waals surface area contributed by atoms with Gasteiger partial charge in [-0.25, -0.2) is 0 Å². The molecule has 2 aromatic rings. The Hall–Kier alpha value is -2.69. The molecule has 0 aromatic heterocycles. The smallest absolute Gasteiger partial charge is 0.219 e. The van der Waals surface area contributed by atoms with E-state index in [9.17, 15) is 4.79 Å². The van der Waals surface area contributed by atoms with Crippen LogP contribution in [0.4, 0.5) is 22.7 Å². The highest BCUT2D eigenvalue weighted by molar-refractivity contribution is 5.75. The molecule has 5 nitrogen and oxygen atoms in total. The van der Waals surface area contributed by atoms with Crippen LogP contribution in [-0.4, -0.2) is 37.0 Å². The van der Waals surface area contributed by atoms with Gasteiger partial charge in [0.1, 0.15) is 0 Å². The molecule has 1 saturated heterocycles. The molecule has 126 valence electrons. The molecule has 0 aliphatic carbocycles. The Morgan fingerprint density at radius 1 is 1.08 bits per heavy atom. The number of benzene rings is 2. The minimum absolute atomic E-state index is 0.153. The van der Waals surface area contributed by atoms with Crippen molar-refractivity contribution in [1.82, 2.24) is 4.90 Å². The summed E-state index contributed by atoms with van der Waals surface area (Å²) in [5.41, 5.74) is 11.1. The Balaban J connectivity index is 1.71. The van der Waals surface area contributed by atoms with Crippen molar-refractivity contribution >= 4 is 28.7 Å². The van der Waals surface area contributed by atoms with E-state index in [1.54, 1.807) is 6.92 Å². The third kappa shape index (κ3) is 3.62. The Labute approximate surface area is 143 Å². The lowest BCUT2D eigenvalue weighted by atomic mass is 10.1. The second kappa shape index (κ2) is 6.83. The van der Waals surface area contributed by atoms with Gasteiger partial charge in [0, 0.05) is 44.5 Å². The topological polar surface area (TPSA) is 61.6 Å². The molecule has 0 atom stereocenters. The molecular formula is C19H24N4O. The maximum absolute atomic E-state index is 11.4. The molecular weight excluding hydrogens is 300 g/mol. The SMILES string of the molecule is CC(=O)N1CCN(c2cccc(Nc3ccc(C)cc3N)c2)CC1. The number of rotatable bonds is 3. The first-order valence-corrected chi connectivity index (χ1v) is 8.26. The predicted octanol–water partition coefficient (Wildman–Crippen LogP) is 2.99. The maximum Gasteiger partial charge on any atom is 0.219 e. The number of aryl methyl sites for hydroxylation is 1. The first kappa shape index (κ1) is 16.2. The molecule has 1 aliphatic rings. The summed E-state index contributed by atoms with van der Waals surface area (Å²) in [6.07, 6.45) is 0. The fourth-order valence-corrected chi connectivity index (χ4v) is 3.01. The second-order valence-electron chi connectivity index (χ2n) is 6.26. The van der Waals surface area contributed by atoms with Crippen molar-refractivity contribution in [2.24, 2.45) is 0 Å². The molecule has 0 unspecified atom stereocenters. The molecule has 0 bridgehead atoms. The van der Waals surface area contributed by atoms with Gasteiger partial charge >= 0.3 is 0 Å². The number of nitrogens with one attached hydrogen (secondary N) is 1. The van der Waals surface area contributed by atoms with E-state index in [4.69, 9.17) is 5.73 Å². The highest BCUT2D eigenvalue weighted by Gasteiger charge is 2.18. The van der Waals surface area contributed by atoms with Gasteiger partial charge in [-0.3, -0.25) is 4.79 Å². The fourth-order valence-electron chi connectivity index (χ4n) is 3.01. The number of carbonyl (C=O) groups is 1. The van der Waals surface area contributed by atoms with E-state index in [2.05, 4.69) is 22.3 Å². The van der Waals surface area contributed by atoms with Crippen molar-refractivity contribution in [1.29, 1.82) is 0 Å². The van der Waals surface area contributed by atoms with E-state index in [0.29, 0.717) is 0 Å². The van der Waals surface area contributed by atoms with E-state index in [1.165, 1.54) is 0 Å². The van der Waals surface area contributed by atoms with Crippen molar-refractivity contribution in [3.05, 3.63) is 48.0 Å². The Bertz CT molecular complexity index is 736. The lowest BCUT2D eigenvalue weighted by molar-refractivity contribution is -0.129. The summed E-state index contributed by atoms with van der Waals surface area (Å²) >= 11 is 0. The molecule has 3 rings (SSSR count). The van der Waals surface area contributed by atoms with Crippen LogP contribution >= 0.6 is 0 Å². The van der Waals surface area contributed by atoms with Crippen molar-refractivity contribution in [3.63, 3.8) is 0 Å². The summed E-state index contributed by atoms with van der Waals surface area (Å²) in [5, 5.41) is 3.39. The molecule has 0 saturated carbocycles. The van der Waals surface area contributed by atoms with Gasteiger partial charge in [0.05, 0.1) is 11.4 Å². The Morgan fingerprint density at radius 2 is 1.83 bits per heavy atom. The summed E-state index contributed by atoms with van der Waals surface area (Å²) in [6.45, 7) is 6.93. The van der Waals surface area contributed by atoms with Crippen LogP contribution in [0.5, 0.6) is 0 Å². The molecule has 3 N–H and O–H groups in total. The van der Waals surface area contributed by atoms with Crippen LogP contribution in [0.25, 0.3) is 0 Å². The van der Waals surface area contributed by atoms with E-state index in [0.717, 1.165) is 54.5 Å². The number of carbonyl (C=O) groups excluding carboxylic acids is 1. The van der Waals surface area contributed by atoms with Gasteiger partial charge in [0.15, 0.2) is 0 Å². The first-order valence-electron chi connectivity index (χ1n) is 8.26. The summed E-state index contributed by atoms with van der Waals surface area (Å²) < 4.78 is 0. The number of piperazine rings is 1. The molecule has 0 radical (unpaired) electrons. The molecule has 5 heteroatoms. The van der Waals surface area contributed by atoms with Crippen molar-refractivity contribution in [2.45, 2.75) is 13.8 Å². The van der Waals surface area contributed by atoms with Crippen LogP contribution in [0.3, 0.4) is 0 Å². The first-order chi connectivity index (χ1) is 11.5. The van der Waals surface area contributed by atoms with Gasteiger partial charge in [-0.2, -0.15) is 0 Å². The molecule has 24 heavy (non-hydrogen) atoms. The Kier molecular flexibility index (Phi) is 4.60. The fraction of sp³-hybridized carbons (Fsp3) is 0.316. The molecule has 1 aliphatic heterocycles. The van der Waals surface area contributed by atoms with Crippen LogP contribution in [0.2, 0.25) is 0 Å². The average molecular weight is 324 g/mol. The minimum Gasteiger partial charge on any atom is -0.397 e. The van der Waals surface area contributed by atoms with Crippen molar-refractivity contribution in [3.8, 4) is 0 Å². The third-order valence-electron chi connectivity index (χ3n) is 4.42. The summed E-state index contributed by atoms with van der Waals surface area (Å²) in [7, 11) is 0. The lowest BCUT2D eigenvalue weighted by Crippen LogP contribution is -2.48. The van der Waals surface area contributed by atoms with Gasteiger partial charge in [0.25, 0.3) is 0 Å². The maximum atomic E-state index is 11.4. The normalized spacial score (nSPS) is 14.6. The molecule has 1 fully saturated rings. The number of nitrogens with two attached hydrogens (primary N) is 1. The number of anilines is 4. The average Bonchev–Trinajstić information content (AvgIpc) is 2.58. The van der Waals surface area contributed by atoms with E-state index >= 15 is 0 Å². The van der Waals surface area contributed by atoms with Gasteiger partial charge in [0.2, 0.25) is 5.91 Å². The van der Waals surface area contributed by atoms with Gasteiger partial charge < -0.3 is 20.9 Å². The highest BCUT2D eigenvalue weighted by atomic mass is 16.2. The number of nitrogen functional groups attached to an aromatic ring is 1. The number of hydrogen-bond donors (Lipinski definition) is 2.